The highest BCUT2D eigenvalue weighted by Crippen LogP contribution is 2.34. The van der Waals surface area contributed by atoms with Crippen LogP contribution in [0, 0.1) is 0 Å². The molecular weight excluding hydrogens is 314 g/mol. The summed E-state index contributed by atoms with van der Waals surface area (Å²) in [5, 5.41) is 19.2. The van der Waals surface area contributed by atoms with Crippen molar-refractivity contribution in [2.24, 2.45) is 0 Å². The lowest BCUT2D eigenvalue weighted by atomic mass is 10.1. The Hall–Kier alpha value is -1.48. The summed E-state index contributed by atoms with van der Waals surface area (Å²) in [6.07, 6.45) is 0. The number of carbonyl (C=O) groups is 1. The number of hydrogen-bond acceptors (Lipinski definition) is 5. The molecule has 0 fully saturated rings. The molecule has 0 saturated carbocycles. The molecule has 0 saturated heterocycles. The highest BCUT2D eigenvalue weighted by molar-refractivity contribution is 7.90. The molecule has 21 heavy (non-hydrogen) atoms. The molecule has 6 nitrogen and oxygen atoms in total. The van der Waals surface area contributed by atoms with E-state index in [-0.39, 0.29) is 16.3 Å². The normalized spacial score (nSPS) is 12.7. The highest BCUT2D eigenvalue weighted by Gasteiger charge is 2.29. The van der Waals surface area contributed by atoms with Crippen LogP contribution in [0.5, 0.6) is 0 Å². The zero-order valence-electron chi connectivity index (χ0n) is 11.5. The quantitative estimate of drug-likeness (QED) is 0.774. The minimum absolute atomic E-state index is 0.210. The second-order valence-corrected chi connectivity index (χ2v) is 7.95. The van der Waals surface area contributed by atoms with E-state index in [1.807, 2.05) is 0 Å². The Kier molecular flexibility index (Phi) is 4.07. The molecule has 0 bridgehead atoms. The summed E-state index contributed by atoms with van der Waals surface area (Å²) in [6, 6.07) is 6.60. The van der Waals surface area contributed by atoms with E-state index in [4.69, 9.17) is 0 Å². The first-order chi connectivity index (χ1) is 9.62. The van der Waals surface area contributed by atoms with Crippen LogP contribution in [-0.2, 0) is 10.0 Å². The third kappa shape index (κ3) is 3.41. The van der Waals surface area contributed by atoms with E-state index >= 15 is 0 Å². The highest BCUT2D eigenvalue weighted by atomic mass is 32.2. The molecule has 0 atom stereocenters. The molecular formula is C13H15NO5S2. The fourth-order valence-corrected chi connectivity index (χ4v) is 4.71. The van der Waals surface area contributed by atoms with Crippen molar-refractivity contribution in [1.82, 2.24) is 4.72 Å². The summed E-state index contributed by atoms with van der Waals surface area (Å²) in [6.45, 7) is 2.71. The number of thiophene rings is 1. The number of hydrogen-bond donors (Lipinski definition) is 3. The van der Waals surface area contributed by atoms with Crippen molar-refractivity contribution in [3.63, 3.8) is 0 Å². The number of aromatic carboxylic acids is 1. The first kappa shape index (κ1) is 15.9. The third-order valence-corrected chi connectivity index (χ3v) is 5.48. The third-order valence-electron chi connectivity index (χ3n) is 2.71. The first-order valence-corrected chi connectivity index (χ1v) is 8.39. The van der Waals surface area contributed by atoms with E-state index in [1.54, 1.807) is 24.3 Å². The lowest BCUT2D eigenvalue weighted by Crippen LogP contribution is -2.38. The van der Waals surface area contributed by atoms with Gasteiger partial charge in [-0.25, -0.2) is 17.9 Å². The van der Waals surface area contributed by atoms with Gasteiger partial charge >= 0.3 is 5.97 Å². The molecule has 8 heteroatoms. The molecule has 0 unspecified atom stereocenters. The maximum absolute atomic E-state index is 12.4. The van der Waals surface area contributed by atoms with Crippen molar-refractivity contribution < 1.29 is 23.4 Å². The average Bonchev–Trinajstić information content (AvgIpc) is 2.76. The lowest BCUT2D eigenvalue weighted by molar-refractivity contribution is 0.0698. The maximum atomic E-state index is 12.4. The number of sulfonamides is 1. The van der Waals surface area contributed by atoms with Gasteiger partial charge in [-0.3, -0.25) is 0 Å². The van der Waals surface area contributed by atoms with Gasteiger partial charge in [-0.15, -0.1) is 11.3 Å². The van der Waals surface area contributed by atoms with E-state index < -0.39 is 21.6 Å². The summed E-state index contributed by atoms with van der Waals surface area (Å²) < 4.78 is 27.6. The van der Waals surface area contributed by atoms with E-state index in [0.29, 0.717) is 10.1 Å². The molecule has 0 radical (unpaired) electrons. The van der Waals surface area contributed by atoms with Gasteiger partial charge in [0.05, 0.1) is 5.60 Å². The van der Waals surface area contributed by atoms with Crippen molar-refractivity contribution in [2.75, 3.05) is 6.54 Å². The second kappa shape index (κ2) is 5.38. The first-order valence-electron chi connectivity index (χ1n) is 6.09. The summed E-state index contributed by atoms with van der Waals surface area (Å²) >= 11 is 0.911. The molecule has 1 aromatic heterocycles. The van der Waals surface area contributed by atoms with Crippen molar-refractivity contribution in [1.29, 1.82) is 0 Å². The summed E-state index contributed by atoms with van der Waals surface area (Å²) in [4.78, 5) is 10.8. The van der Waals surface area contributed by atoms with E-state index in [1.165, 1.54) is 13.8 Å². The van der Waals surface area contributed by atoms with Crippen molar-refractivity contribution in [2.45, 2.75) is 24.3 Å². The van der Waals surface area contributed by atoms with Gasteiger partial charge in [0.1, 0.15) is 9.77 Å². The number of aliphatic hydroxyl groups is 1. The summed E-state index contributed by atoms with van der Waals surface area (Å²) in [7, 11) is -4.03. The van der Waals surface area contributed by atoms with E-state index in [0.717, 1.165) is 11.3 Å². The van der Waals surface area contributed by atoms with Crippen molar-refractivity contribution in [3.8, 4) is 0 Å². The molecule has 0 aliphatic heterocycles. The Bertz CT molecular complexity index is 786. The maximum Gasteiger partial charge on any atom is 0.347 e. The Balaban J connectivity index is 2.58. The van der Waals surface area contributed by atoms with Crippen LogP contribution in [0.2, 0.25) is 0 Å². The van der Waals surface area contributed by atoms with Crippen LogP contribution >= 0.6 is 11.3 Å². The molecule has 0 aliphatic carbocycles. The van der Waals surface area contributed by atoms with E-state index in [2.05, 4.69) is 4.72 Å². The zero-order valence-corrected chi connectivity index (χ0v) is 13.1. The Morgan fingerprint density at radius 3 is 2.52 bits per heavy atom. The van der Waals surface area contributed by atoms with Gasteiger partial charge in [0.25, 0.3) is 0 Å². The fourth-order valence-electron chi connectivity index (χ4n) is 1.77. The van der Waals surface area contributed by atoms with Crippen LogP contribution < -0.4 is 4.72 Å². The topological polar surface area (TPSA) is 104 Å². The molecule has 1 aromatic carbocycles. The van der Waals surface area contributed by atoms with Crippen molar-refractivity contribution in [3.05, 3.63) is 29.1 Å². The van der Waals surface area contributed by atoms with Gasteiger partial charge < -0.3 is 10.2 Å². The van der Waals surface area contributed by atoms with Crippen LogP contribution in [0.4, 0.5) is 0 Å². The van der Waals surface area contributed by atoms with Gasteiger partial charge in [0, 0.05) is 16.6 Å². The molecule has 114 valence electrons. The Morgan fingerprint density at radius 2 is 1.95 bits per heavy atom. The number of carboxylic acids is 1. The van der Waals surface area contributed by atoms with E-state index in [9.17, 15) is 23.4 Å². The monoisotopic (exact) mass is 329 g/mol. The smallest absolute Gasteiger partial charge is 0.347 e. The average molecular weight is 329 g/mol. The summed E-state index contributed by atoms with van der Waals surface area (Å²) in [5.74, 6) is -1.29. The van der Waals surface area contributed by atoms with Crippen LogP contribution in [0.3, 0.4) is 0 Å². The number of benzene rings is 1. The van der Waals surface area contributed by atoms with Crippen LogP contribution in [-0.4, -0.2) is 36.7 Å². The second-order valence-electron chi connectivity index (χ2n) is 5.20. The largest absolute Gasteiger partial charge is 0.477 e. The van der Waals surface area contributed by atoms with Gasteiger partial charge in [0.15, 0.2) is 0 Å². The number of nitrogens with one attached hydrogen (secondary N) is 1. The predicted octanol–water partition coefficient (Wildman–Crippen LogP) is 1.65. The molecule has 0 amide bonds. The molecule has 0 spiro atoms. The Morgan fingerprint density at radius 1 is 1.33 bits per heavy atom. The minimum atomic E-state index is -4.03. The molecule has 1 heterocycles. The molecule has 2 aromatic rings. The van der Waals surface area contributed by atoms with Crippen molar-refractivity contribution >= 4 is 37.4 Å². The lowest BCUT2D eigenvalue weighted by Gasteiger charge is -2.17. The fraction of sp³-hybridized carbons (Fsp3) is 0.308. The van der Waals surface area contributed by atoms with Gasteiger partial charge in [-0.2, -0.15) is 0 Å². The Labute approximate surface area is 126 Å². The molecule has 0 aliphatic rings. The standard InChI is InChI=1S/C13H15NO5S2/c1-13(2,17)7-14-21(18,19)11-8-5-3-4-6-9(8)20-10(11)12(15)16/h3-6,14,17H,7H2,1-2H3,(H,15,16). The van der Waals surface area contributed by atoms with Crippen LogP contribution in [0.15, 0.2) is 29.2 Å². The number of rotatable bonds is 5. The van der Waals surface area contributed by atoms with Crippen LogP contribution in [0.1, 0.15) is 23.5 Å². The number of fused-ring (bicyclic) bond motifs is 1. The molecule has 3 N–H and O–H groups in total. The minimum Gasteiger partial charge on any atom is -0.477 e. The predicted molar refractivity (Wildman–Crippen MR) is 80.3 cm³/mol. The van der Waals surface area contributed by atoms with Gasteiger partial charge in [0.2, 0.25) is 10.0 Å². The SMILES string of the molecule is CC(C)(O)CNS(=O)(=O)c1c(C(=O)O)sc2ccccc12. The van der Waals surface area contributed by atoms with Crippen LogP contribution in [0.25, 0.3) is 10.1 Å². The van der Waals surface area contributed by atoms with Gasteiger partial charge in [-0.1, -0.05) is 18.2 Å². The zero-order chi connectivity index (χ0) is 15.8. The molecule has 2 rings (SSSR count). The summed E-state index contributed by atoms with van der Waals surface area (Å²) in [5.41, 5.74) is -1.23. The van der Waals surface area contributed by atoms with Gasteiger partial charge in [-0.05, 0) is 19.9 Å². The number of carboxylic acid groups (broad SMARTS) is 1.